The summed E-state index contributed by atoms with van der Waals surface area (Å²) < 4.78 is 0. The van der Waals surface area contributed by atoms with Crippen molar-refractivity contribution >= 4 is 5.91 Å². The molecule has 0 spiro atoms. The predicted octanol–water partition coefficient (Wildman–Crippen LogP) is -0.352. The first-order valence-corrected chi connectivity index (χ1v) is 4.47. The molecule has 0 radical (unpaired) electrons. The Morgan fingerprint density at radius 3 is 3.00 bits per heavy atom. The van der Waals surface area contributed by atoms with Crippen molar-refractivity contribution in [1.29, 1.82) is 0 Å². The molecule has 1 aromatic rings. The summed E-state index contributed by atoms with van der Waals surface area (Å²) in [4.78, 5) is 21.2. The Morgan fingerprint density at radius 1 is 1.60 bits per heavy atom. The summed E-state index contributed by atoms with van der Waals surface area (Å²) in [6, 6.07) is 2.91. The van der Waals surface area contributed by atoms with Gasteiger partial charge in [0.25, 0.3) is 5.56 Å². The molecule has 0 bridgehead atoms. The molecule has 0 fully saturated rings. The molecule has 1 heterocycles. The third-order valence-electron chi connectivity index (χ3n) is 1.52. The quantitative estimate of drug-likeness (QED) is 0.511. The van der Waals surface area contributed by atoms with E-state index in [9.17, 15) is 9.59 Å². The molecule has 5 heteroatoms. The Labute approximate surface area is 86.9 Å². The van der Waals surface area contributed by atoms with Crippen LogP contribution in [0.2, 0.25) is 0 Å². The van der Waals surface area contributed by atoms with Gasteiger partial charge in [-0.15, -0.1) is 0 Å². The average Bonchev–Trinajstić information content (AvgIpc) is 2.20. The van der Waals surface area contributed by atoms with Gasteiger partial charge in [-0.25, -0.2) is 5.10 Å². The standard InChI is InChI=1S/C10H11N3O2/c1-8(14)11-7-3-2-4-9-5-6-10(15)13-12-9/h5-6H,3,7H2,1H3,(H,11,14)(H,13,15). The van der Waals surface area contributed by atoms with E-state index in [2.05, 4.69) is 27.4 Å². The van der Waals surface area contributed by atoms with Crippen LogP contribution in [0.4, 0.5) is 0 Å². The van der Waals surface area contributed by atoms with E-state index < -0.39 is 0 Å². The summed E-state index contributed by atoms with van der Waals surface area (Å²) in [7, 11) is 0. The number of rotatable bonds is 2. The van der Waals surface area contributed by atoms with Crippen LogP contribution in [0.3, 0.4) is 0 Å². The number of nitrogens with zero attached hydrogens (tertiary/aromatic N) is 1. The minimum atomic E-state index is -0.251. The highest BCUT2D eigenvalue weighted by Crippen LogP contribution is 1.84. The van der Waals surface area contributed by atoms with Gasteiger partial charge in [-0.05, 0) is 12.0 Å². The molecule has 1 aromatic heterocycles. The normalized spacial score (nSPS) is 8.87. The first-order chi connectivity index (χ1) is 7.18. The highest BCUT2D eigenvalue weighted by molar-refractivity contribution is 5.72. The summed E-state index contributed by atoms with van der Waals surface area (Å²) >= 11 is 0. The second-order valence-electron chi connectivity index (χ2n) is 2.84. The fourth-order valence-corrected chi connectivity index (χ4v) is 0.868. The fraction of sp³-hybridized carbons (Fsp3) is 0.300. The van der Waals surface area contributed by atoms with Crippen molar-refractivity contribution in [3.63, 3.8) is 0 Å². The molecular formula is C10H11N3O2. The van der Waals surface area contributed by atoms with Crippen LogP contribution in [0.1, 0.15) is 19.0 Å². The van der Waals surface area contributed by atoms with Crippen LogP contribution in [-0.2, 0) is 4.79 Å². The molecule has 0 unspecified atom stereocenters. The SMILES string of the molecule is CC(=O)NCCC#Cc1ccc(=O)[nH]n1. The molecule has 5 nitrogen and oxygen atoms in total. The van der Waals surface area contributed by atoms with E-state index in [4.69, 9.17) is 0 Å². The van der Waals surface area contributed by atoms with E-state index in [0.717, 1.165) is 0 Å². The maximum Gasteiger partial charge on any atom is 0.264 e. The zero-order valence-corrected chi connectivity index (χ0v) is 8.33. The van der Waals surface area contributed by atoms with Crippen molar-refractivity contribution in [1.82, 2.24) is 15.5 Å². The Kier molecular flexibility index (Phi) is 4.10. The van der Waals surface area contributed by atoms with E-state index in [0.29, 0.717) is 18.7 Å². The highest BCUT2D eigenvalue weighted by Gasteiger charge is 1.88. The van der Waals surface area contributed by atoms with Gasteiger partial charge in [-0.1, -0.05) is 5.92 Å². The molecule has 0 saturated carbocycles. The number of aromatic nitrogens is 2. The number of hydrogen-bond acceptors (Lipinski definition) is 3. The Bertz CT molecular complexity index is 433. The summed E-state index contributed by atoms with van der Waals surface area (Å²) in [5.74, 6) is 5.52. The van der Waals surface area contributed by atoms with Crippen LogP contribution in [0, 0.1) is 11.8 Å². The fourth-order valence-electron chi connectivity index (χ4n) is 0.868. The lowest BCUT2D eigenvalue weighted by Crippen LogP contribution is -2.20. The Balaban J connectivity index is 2.41. The second kappa shape index (κ2) is 5.60. The highest BCUT2D eigenvalue weighted by atomic mass is 16.1. The Morgan fingerprint density at radius 2 is 2.40 bits per heavy atom. The maximum absolute atomic E-state index is 10.7. The molecule has 1 amide bonds. The van der Waals surface area contributed by atoms with Gasteiger partial charge < -0.3 is 5.32 Å². The van der Waals surface area contributed by atoms with Gasteiger partial charge in [0, 0.05) is 26.0 Å². The van der Waals surface area contributed by atoms with E-state index in [-0.39, 0.29) is 11.5 Å². The van der Waals surface area contributed by atoms with Crippen molar-refractivity contribution in [2.45, 2.75) is 13.3 Å². The summed E-state index contributed by atoms with van der Waals surface area (Å²) in [5.41, 5.74) is 0.260. The van der Waals surface area contributed by atoms with Gasteiger partial charge in [0.05, 0.1) is 0 Å². The number of aromatic amines is 1. The maximum atomic E-state index is 10.7. The number of H-pyrrole nitrogens is 1. The lowest BCUT2D eigenvalue weighted by atomic mass is 10.3. The van der Waals surface area contributed by atoms with Crippen molar-refractivity contribution < 1.29 is 4.79 Å². The van der Waals surface area contributed by atoms with Crippen molar-refractivity contribution in [3.8, 4) is 11.8 Å². The lowest BCUT2D eigenvalue weighted by molar-refractivity contribution is -0.118. The van der Waals surface area contributed by atoms with Crippen molar-refractivity contribution in [2.24, 2.45) is 0 Å². The predicted molar refractivity (Wildman–Crippen MR) is 55.0 cm³/mol. The molecule has 0 aliphatic carbocycles. The number of amides is 1. The van der Waals surface area contributed by atoms with Crippen LogP contribution < -0.4 is 10.9 Å². The Hall–Kier alpha value is -2.09. The molecule has 78 valence electrons. The first kappa shape index (κ1) is 11.0. The van der Waals surface area contributed by atoms with E-state index in [1.165, 1.54) is 13.0 Å². The first-order valence-electron chi connectivity index (χ1n) is 4.47. The summed E-state index contributed by atoms with van der Waals surface area (Å²) in [5, 5.41) is 8.62. The van der Waals surface area contributed by atoms with Gasteiger partial charge in [0.1, 0.15) is 5.69 Å². The smallest absolute Gasteiger partial charge is 0.264 e. The van der Waals surface area contributed by atoms with Crippen LogP contribution in [0.5, 0.6) is 0 Å². The molecule has 0 saturated heterocycles. The second-order valence-corrected chi connectivity index (χ2v) is 2.84. The molecule has 2 N–H and O–H groups in total. The van der Waals surface area contributed by atoms with Gasteiger partial charge in [0.15, 0.2) is 0 Å². The molecular weight excluding hydrogens is 194 g/mol. The molecule has 0 atom stereocenters. The van der Waals surface area contributed by atoms with Crippen LogP contribution in [0.25, 0.3) is 0 Å². The van der Waals surface area contributed by atoms with Gasteiger partial charge in [-0.3, -0.25) is 9.59 Å². The molecule has 0 aliphatic rings. The molecule has 1 rings (SSSR count). The monoisotopic (exact) mass is 205 g/mol. The van der Waals surface area contributed by atoms with Crippen LogP contribution in [-0.4, -0.2) is 22.6 Å². The van der Waals surface area contributed by atoms with Crippen LogP contribution >= 0.6 is 0 Å². The minimum Gasteiger partial charge on any atom is -0.355 e. The van der Waals surface area contributed by atoms with Crippen molar-refractivity contribution in [2.75, 3.05) is 6.54 Å². The number of carbonyl (C=O) groups is 1. The average molecular weight is 205 g/mol. The van der Waals surface area contributed by atoms with Crippen molar-refractivity contribution in [3.05, 3.63) is 28.2 Å². The van der Waals surface area contributed by atoms with Gasteiger partial charge in [0.2, 0.25) is 5.91 Å². The largest absolute Gasteiger partial charge is 0.355 e. The summed E-state index contributed by atoms with van der Waals surface area (Å²) in [6.45, 7) is 1.97. The number of hydrogen-bond donors (Lipinski definition) is 2. The topological polar surface area (TPSA) is 74.8 Å². The van der Waals surface area contributed by atoms with E-state index in [1.54, 1.807) is 6.07 Å². The van der Waals surface area contributed by atoms with E-state index in [1.807, 2.05) is 0 Å². The van der Waals surface area contributed by atoms with E-state index >= 15 is 0 Å². The molecule has 0 aliphatic heterocycles. The summed E-state index contributed by atoms with van der Waals surface area (Å²) in [6.07, 6.45) is 0.556. The minimum absolute atomic E-state index is 0.0704. The molecule has 0 aromatic carbocycles. The number of nitrogens with one attached hydrogen (secondary N) is 2. The van der Waals surface area contributed by atoms with Crippen LogP contribution in [0.15, 0.2) is 16.9 Å². The zero-order chi connectivity index (χ0) is 11.1. The van der Waals surface area contributed by atoms with Gasteiger partial charge >= 0.3 is 0 Å². The zero-order valence-electron chi connectivity index (χ0n) is 8.33. The van der Waals surface area contributed by atoms with Gasteiger partial charge in [-0.2, -0.15) is 5.10 Å². The third kappa shape index (κ3) is 4.62. The molecule has 15 heavy (non-hydrogen) atoms. The third-order valence-corrected chi connectivity index (χ3v) is 1.52. The number of carbonyl (C=O) groups excluding carboxylic acids is 1. The lowest BCUT2D eigenvalue weighted by Gasteiger charge is -1.94.